The van der Waals surface area contributed by atoms with E-state index in [2.05, 4.69) is 4.74 Å². The van der Waals surface area contributed by atoms with E-state index in [0.717, 1.165) is 5.46 Å². The van der Waals surface area contributed by atoms with E-state index in [9.17, 15) is 4.79 Å². The van der Waals surface area contributed by atoms with Gasteiger partial charge in [-0.05, 0) is 12.1 Å². The van der Waals surface area contributed by atoms with Crippen molar-refractivity contribution in [1.29, 1.82) is 0 Å². The van der Waals surface area contributed by atoms with Gasteiger partial charge in [-0.2, -0.15) is 0 Å². The summed E-state index contributed by atoms with van der Waals surface area (Å²) in [5, 5.41) is 0. The van der Waals surface area contributed by atoms with E-state index in [1.807, 2.05) is 12.1 Å². The molecule has 0 aliphatic heterocycles. The minimum atomic E-state index is -0.249. The molecular formula is C8H10BNO2. The van der Waals surface area contributed by atoms with Crippen molar-refractivity contribution in [3.05, 3.63) is 24.3 Å². The molecule has 3 nitrogen and oxygen atoms in total. The van der Waals surface area contributed by atoms with Crippen molar-refractivity contribution in [2.45, 2.75) is 0 Å². The molecule has 0 atom stereocenters. The van der Waals surface area contributed by atoms with Gasteiger partial charge in [0.1, 0.15) is 0 Å². The Morgan fingerprint density at radius 3 is 2.92 bits per heavy atom. The Kier molecular flexibility index (Phi) is 2.74. The summed E-state index contributed by atoms with van der Waals surface area (Å²) < 4.78 is 4.51. The number of rotatable bonds is 2. The van der Waals surface area contributed by atoms with Crippen molar-refractivity contribution < 1.29 is 9.53 Å². The Morgan fingerprint density at radius 2 is 2.33 bits per heavy atom. The van der Waals surface area contributed by atoms with E-state index in [-0.39, 0.29) is 13.1 Å². The highest BCUT2D eigenvalue weighted by Crippen LogP contribution is 1.95. The second-order valence-corrected chi connectivity index (χ2v) is 2.50. The van der Waals surface area contributed by atoms with Crippen LogP contribution in [0.2, 0.25) is 0 Å². The summed E-state index contributed by atoms with van der Waals surface area (Å²) in [5.41, 5.74) is 7.06. The van der Waals surface area contributed by atoms with Crippen LogP contribution in [0, 0.1) is 0 Å². The lowest BCUT2D eigenvalue weighted by molar-refractivity contribution is 0.198. The van der Waals surface area contributed by atoms with E-state index in [0.29, 0.717) is 5.69 Å². The van der Waals surface area contributed by atoms with Crippen LogP contribution in [0.5, 0.6) is 0 Å². The summed E-state index contributed by atoms with van der Waals surface area (Å²) in [4.78, 5) is 10.8. The molecule has 0 aliphatic carbocycles. The molecule has 0 saturated carbocycles. The normalized spacial score (nSPS) is 9.08. The molecule has 1 rings (SSSR count). The second kappa shape index (κ2) is 3.81. The first-order chi connectivity index (χ1) is 5.72. The smallest absolute Gasteiger partial charge is 0.293 e. The van der Waals surface area contributed by atoms with Gasteiger partial charge in [0.25, 0.3) is 13.1 Å². The van der Waals surface area contributed by atoms with Crippen LogP contribution in [-0.2, 0) is 4.74 Å². The van der Waals surface area contributed by atoms with Gasteiger partial charge in [-0.25, -0.2) is 0 Å². The first-order valence-corrected chi connectivity index (χ1v) is 3.63. The molecule has 0 unspecified atom stereocenters. The van der Waals surface area contributed by atoms with E-state index >= 15 is 0 Å². The maximum Gasteiger partial charge on any atom is 0.293 e. The largest absolute Gasteiger partial charge is 0.477 e. The number of nitrogen functional groups attached to an aromatic ring is 1. The number of hydrogen-bond acceptors (Lipinski definition) is 3. The van der Waals surface area contributed by atoms with Gasteiger partial charge in [0, 0.05) is 5.69 Å². The van der Waals surface area contributed by atoms with Crippen LogP contribution in [0.3, 0.4) is 0 Å². The molecule has 62 valence electrons. The highest BCUT2D eigenvalue weighted by atomic mass is 16.5. The SMILES string of the molecule is COC(=O)Bc1cccc(N)c1. The van der Waals surface area contributed by atoms with Gasteiger partial charge in [0.15, 0.2) is 0 Å². The number of nitrogens with two attached hydrogens (primary N) is 1. The Hall–Kier alpha value is -1.45. The van der Waals surface area contributed by atoms with Crippen molar-refractivity contribution in [2.24, 2.45) is 0 Å². The average Bonchev–Trinajstić information content (AvgIpc) is 2.04. The molecule has 0 aromatic heterocycles. The number of anilines is 1. The van der Waals surface area contributed by atoms with Gasteiger partial charge in [-0.1, -0.05) is 17.6 Å². The van der Waals surface area contributed by atoms with E-state index in [1.165, 1.54) is 7.11 Å². The fraction of sp³-hybridized carbons (Fsp3) is 0.125. The predicted molar refractivity (Wildman–Crippen MR) is 50.0 cm³/mol. The zero-order valence-electron chi connectivity index (χ0n) is 6.91. The van der Waals surface area contributed by atoms with E-state index in [1.54, 1.807) is 12.1 Å². The lowest BCUT2D eigenvalue weighted by Crippen LogP contribution is -2.23. The van der Waals surface area contributed by atoms with Gasteiger partial charge in [0.05, 0.1) is 7.11 Å². The molecular weight excluding hydrogens is 153 g/mol. The van der Waals surface area contributed by atoms with Gasteiger partial charge in [-0.3, -0.25) is 4.79 Å². The average molecular weight is 163 g/mol. The van der Waals surface area contributed by atoms with Gasteiger partial charge in [-0.15, -0.1) is 0 Å². The fourth-order valence-electron chi connectivity index (χ4n) is 0.942. The number of ether oxygens (including phenoxy) is 1. The summed E-state index contributed by atoms with van der Waals surface area (Å²) in [5.74, 6) is -0.249. The van der Waals surface area contributed by atoms with Gasteiger partial charge in [0.2, 0.25) is 0 Å². The molecule has 0 fully saturated rings. The third-order valence-corrected chi connectivity index (χ3v) is 1.53. The molecule has 12 heavy (non-hydrogen) atoms. The van der Waals surface area contributed by atoms with Crippen LogP contribution in [0.4, 0.5) is 10.5 Å². The number of methoxy groups -OCH3 is 1. The van der Waals surface area contributed by atoms with Crippen LogP contribution in [0.25, 0.3) is 0 Å². The summed E-state index contributed by atoms with van der Waals surface area (Å²) in [6, 6.07) is 7.19. The molecule has 1 aromatic rings. The maximum atomic E-state index is 10.8. The minimum Gasteiger partial charge on any atom is -0.477 e. The predicted octanol–water partition coefficient (Wildman–Crippen LogP) is 0.0970. The standard InChI is InChI=1S/C8H10BNO2/c1-12-8(11)9-6-3-2-4-7(10)5-6/h2-5,9H,10H2,1H3. The molecule has 0 radical (unpaired) electrons. The third-order valence-electron chi connectivity index (χ3n) is 1.53. The summed E-state index contributed by atoms with van der Waals surface area (Å²) in [6.45, 7) is 0. The maximum absolute atomic E-state index is 10.8. The minimum absolute atomic E-state index is 0.249. The molecule has 0 aliphatic rings. The van der Waals surface area contributed by atoms with Crippen molar-refractivity contribution >= 4 is 24.3 Å². The Balaban J connectivity index is 2.69. The summed E-state index contributed by atoms with van der Waals surface area (Å²) >= 11 is 0. The summed E-state index contributed by atoms with van der Waals surface area (Å²) in [6.07, 6.45) is 0. The first kappa shape index (κ1) is 8.65. The lowest BCUT2D eigenvalue weighted by Gasteiger charge is -1.98. The summed E-state index contributed by atoms with van der Waals surface area (Å²) in [7, 11) is 1.65. The Morgan fingerprint density at radius 1 is 1.58 bits per heavy atom. The Bertz CT molecular complexity index is 288. The zero-order valence-corrected chi connectivity index (χ0v) is 6.91. The highest BCUT2D eigenvalue weighted by molar-refractivity contribution is 6.82. The lowest BCUT2D eigenvalue weighted by atomic mass is 9.70. The van der Waals surface area contributed by atoms with Crippen molar-refractivity contribution in [2.75, 3.05) is 12.8 Å². The fourth-order valence-corrected chi connectivity index (χ4v) is 0.942. The molecule has 0 spiro atoms. The quantitative estimate of drug-likeness (QED) is 0.496. The molecule has 4 heteroatoms. The molecule has 0 bridgehead atoms. The van der Waals surface area contributed by atoms with Crippen LogP contribution in [0.1, 0.15) is 0 Å². The van der Waals surface area contributed by atoms with Crippen LogP contribution >= 0.6 is 0 Å². The highest BCUT2D eigenvalue weighted by Gasteiger charge is 2.04. The molecule has 0 heterocycles. The van der Waals surface area contributed by atoms with Crippen LogP contribution in [0.15, 0.2) is 24.3 Å². The van der Waals surface area contributed by atoms with E-state index < -0.39 is 0 Å². The number of carbonyl (C=O) groups is 1. The number of hydrogen-bond donors (Lipinski definition) is 1. The van der Waals surface area contributed by atoms with Gasteiger partial charge >= 0.3 is 0 Å². The van der Waals surface area contributed by atoms with Crippen LogP contribution < -0.4 is 11.2 Å². The van der Waals surface area contributed by atoms with Crippen molar-refractivity contribution in [1.82, 2.24) is 0 Å². The van der Waals surface area contributed by atoms with Crippen LogP contribution in [-0.4, -0.2) is 20.3 Å². The monoisotopic (exact) mass is 163 g/mol. The molecule has 0 amide bonds. The molecule has 2 N–H and O–H groups in total. The topological polar surface area (TPSA) is 52.3 Å². The Labute approximate surface area is 71.8 Å². The van der Waals surface area contributed by atoms with Crippen molar-refractivity contribution in [3.63, 3.8) is 0 Å². The number of benzene rings is 1. The number of carbonyl (C=O) groups excluding carboxylic acids is 1. The first-order valence-electron chi connectivity index (χ1n) is 3.63. The van der Waals surface area contributed by atoms with Gasteiger partial charge < -0.3 is 10.5 Å². The molecule has 1 aromatic carbocycles. The zero-order chi connectivity index (χ0) is 8.97. The van der Waals surface area contributed by atoms with E-state index in [4.69, 9.17) is 5.73 Å². The molecule has 0 saturated heterocycles. The second-order valence-electron chi connectivity index (χ2n) is 2.50. The van der Waals surface area contributed by atoms with Crippen molar-refractivity contribution in [3.8, 4) is 0 Å². The third kappa shape index (κ3) is 2.30.